The first-order valence-corrected chi connectivity index (χ1v) is 8.98. The highest BCUT2D eigenvalue weighted by Crippen LogP contribution is 2.27. The molecule has 10 heteroatoms. The van der Waals surface area contributed by atoms with Gasteiger partial charge < -0.3 is 9.15 Å². The van der Waals surface area contributed by atoms with E-state index in [-0.39, 0.29) is 21.0 Å². The van der Waals surface area contributed by atoms with Crippen molar-refractivity contribution in [2.24, 2.45) is 7.05 Å². The molecule has 0 atom stereocenters. The van der Waals surface area contributed by atoms with E-state index in [4.69, 9.17) is 4.42 Å². The second kappa shape index (κ2) is 5.80. The van der Waals surface area contributed by atoms with Crippen LogP contribution < -0.4 is 10.5 Å². The molecular weight excluding hydrogens is 356 g/mol. The molecule has 0 saturated carbocycles. The molecule has 8 nitrogen and oxygen atoms in total. The number of rotatable bonds is 4. The number of fused-ring (bicyclic) bond motifs is 1. The minimum absolute atomic E-state index is 0.0913. The SMILES string of the molecule is COC(=O)c1sccc1NS(=O)(=O)c1ccc2c(c1)oc(=O)n2C. The molecular formula is C14H12N2O6S2. The van der Waals surface area contributed by atoms with Crippen molar-refractivity contribution in [2.45, 2.75) is 4.90 Å². The maximum absolute atomic E-state index is 12.5. The number of sulfonamides is 1. The van der Waals surface area contributed by atoms with Crippen LogP contribution in [-0.2, 0) is 21.8 Å². The number of carbonyl (C=O) groups is 1. The third-order valence-corrected chi connectivity index (χ3v) is 5.61. The Morgan fingerprint density at radius 2 is 2.08 bits per heavy atom. The molecule has 0 aliphatic carbocycles. The third-order valence-electron chi connectivity index (χ3n) is 3.35. The predicted octanol–water partition coefficient (Wildman–Crippen LogP) is 1.78. The van der Waals surface area contributed by atoms with E-state index in [0.29, 0.717) is 5.52 Å². The molecule has 24 heavy (non-hydrogen) atoms. The first kappa shape index (κ1) is 16.3. The zero-order chi connectivity index (χ0) is 17.5. The van der Waals surface area contributed by atoms with Crippen LogP contribution >= 0.6 is 11.3 Å². The van der Waals surface area contributed by atoms with Gasteiger partial charge in [-0.2, -0.15) is 0 Å². The lowest BCUT2D eigenvalue weighted by atomic mass is 10.3. The molecule has 0 aliphatic rings. The van der Waals surface area contributed by atoms with Crippen molar-refractivity contribution in [1.82, 2.24) is 4.57 Å². The minimum atomic E-state index is -3.96. The Morgan fingerprint density at radius 1 is 1.33 bits per heavy atom. The van der Waals surface area contributed by atoms with Gasteiger partial charge in [0.25, 0.3) is 10.0 Å². The average molecular weight is 368 g/mol. The summed E-state index contributed by atoms with van der Waals surface area (Å²) in [6, 6.07) is 5.55. The highest BCUT2D eigenvalue weighted by molar-refractivity contribution is 7.92. The highest BCUT2D eigenvalue weighted by atomic mass is 32.2. The van der Waals surface area contributed by atoms with Crippen LogP contribution in [0.1, 0.15) is 9.67 Å². The number of hydrogen-bond acceptors (Lipinski definition) is 7. The summed E-state index contributed by atoms with van der Waals surface area (Å²) in [6.45, 7) is 0. The molecule has 1 N–H and O–H groups in total. The molecule has 3 aromatic rings. The number of aromatic nitrogens is 1. The molecule has 126 valence electrons. The Labute approximate surface area is 140 Å². The Bertz CT molecular complexity index is 1090. The van der Waals surface area contributed by atoms with Gasteiger partial charge >= 0.3 is 11.7 Å². The molecule has 0 fully saturated rings. The zero-order valence-electron chi connectivity index (χ0n) is 12.6. The quantitative estimate of drug-likeness (QED) is 0.703. The molecule has 0 bridgehead atoms. The number of nitrogens with zero attached hydrogens (tertiary/aromatic N) is 1. The number of hydrogen-bond donors (Lipinski definition) is 1. The topological polar surface area (TPSA) is 108 Å². The summed E-state index contributed by atoms with van der Waals surface area (Å²) in [6.07, 6.45) is 0. The lowest BCUT2D eigenvalue weighted by molar-refractivity contribution is 0.0607. The second-order valence-corrected chi connectivity index (χ2v) is 7.42. The standard InChI is InChI=1S/C14H12N2O6S2/c1-16-10-4-3-8(7-11(10)22-14(16)18)24(19,20)15-9-5-6-23-12(9)13(17)21-2/h3-7,15H,1-2H3. The summed E-state index contributed by atoms with van der Waals surface area (Å²) in [4.78, 5) is 23.2. The summed E-state index contributed by atoms with van der Waals surface area (Å²) >= 11 is 1.06. The molecule has 0 amide bonds. The zero-order valence-corrected chi connectivity index (χ0v) is 14.2. The van der Waals surface area contributed by atoms with Crippen LogP contribution in [0, 0.1) is 0 Å². The van der Waals surface area contributed by atoms with E-state index in [1.54, 1.807) is 5.38 Å². The molecule has 0 spiro atoms. The van der Waals surface area contributed by atoms with Gasteiger partial charge in [0.15, 0.2) is 5.58 Å². The van der Waals surface area contributed by atoms with Gasteiger partial charge in [-0.05, 0) is 23.6 Å². The summed E-state index contributed by atoms with van der Waals surface area (Å²) in [7, 11) is -1.23. The fourth-order valence-electron chi connectivity index (χ4n) is 2.13. The van der Waals surface area contributed by atoms with Crippen molar-refractivity contribution in [3.8, 4) is 0 Å². The summed E-state index contributed by atoms with van der Waals surface area (Å²) < 4.78 is 38.2. The first-order chi connectivity index (χ1) is 11.3. The number of thiophene rings is 1. The van der Waals surface area contributed by atoms with Crippen LogP contribution in [0.3, 0.4) is 0 Å². The van der Waals surface area contributed by atoms with Gasteiger partial charge in [-0.3, -0.25) is 9.29 Å². The fourth-order valence-corrected chi connectivity index (χ4v) is 4.04. The van der Waals surface area contributed by atoms with E-state index in [1.807, 2.05) is 0 Å². The Kier molecular flexibility index (Phi) is 3.93. The van der Waals surface area contributed by atoms with Crippen molar-refractivity contribution in [3.63, 3.8) is 0 Å². The average Bonchev–Trinajstić information content (AvgIpc) is 3.11. The summed E-state index contributed by atoms with van der Waals surface area (Å²) in [5, 5.41) is 1.57. The predicted molar refractivity (Wildman–Crippen MR) is 87.9 cm³/mol. The fraction of sp³-hybridized carbons (Fsp3) is 0.143. The Hall–Kier alpha value is -2.59. The van der Waals surface area contributed by atoms with Gasteiger partial charge in [-0.1, -0.05) is 0 Å². The molecule has 1 aromatic carbocycles. The lowest BCUT2D eigenvalue weighted by Gasteiger charge is -2.08. The van der Waals surface area contributed by atoms with E-state index < -0.39 is 21.7 Å². The number of ether oxygens (including phenoxy) is 1. The van der Waals surface area contributed by atoms with Crippen LogP contribution in [0.5, 0.6) is 0 Å². The normalized spacial score (nSPS) is 11.6. The van der Waals surface area contributed by atoms with Crippen molar-refractivity contribution < 1.29 is 22.4 Å². The van der Waals surface area contributed by atoms with Crippen molar-refractivity contribution in [3.05, 3.63) is 45.1 Å². The van der Waals surface area contributed by atoms with Crippen LogP contribution in [0.2, 0.25) is 0 Å². The molecule has 0 unspecified atom stereocenters. The van der Waals surface area contributed by atoms with Gasteiger partial charge in [-0.15, -0.1) is 11.3 Å². The third kappa shape index (κ3) is 2.69. The van der Waals surface area contributed by atoms with E-state index in [1.165, 1.54) is 43.0 Å². The summed E-state index contributed by atoms with van der Waals surface area (Å²) in [5.74, 6) is -1.22. The first-order valence-electron chi connectivity index (χ1n) is 6.61. The van der Waals surface area contributed by atoms with Crippen molar-refractivity contribution in [2.75, 3.05) is 11.8 Å². The van der Waals surface area contributed by atoms with Crippen LogP contribution in [0.4, 0.5) is 5.69 Å². The van der Waals surface area contributed by atoms with E-state index in [9.17, 15) is 18.0 Å². The van der Waals surface area contributed by atoms with Gasteiger partial charge in [-0.25, -0.2) is 18.0 Å². The van der Waals surface area contributed by atoms with Gasteiger partial charge in [0.2, 0.25) is 0 Å². The molecule has 2 aromatic heterocycles. The van der Waals surface area contributed by atoms with Crippen LogP contribution in [0.15, 0.2) is 43.8 Å². The maximum Gasteiger partial charge on any atom is 0.419 e. The van der Waals surface area contributed by atoms with E-state index >= 15 is 0 Å². The number of carbonyl (C=O) groups excluding carboxylic acids is 1. The maximum atomic E-state index is 12.5. The number of anilines is 1. The molecule has 0 saturated heterocycles. The number of aryl methyl sites for hydroxylation is 1. The number of oxazole rings is 1. The smallest absolute Gasteiger partial charge is 0.419 e. The van der Waals surface area contributed by atoms with Gasteiger partial charge in [0.1, 0.15) is 4.88 Å². The molecule has 3 rings (SSSR count). The van der Waals surface area contributed by atoms with E-state index in [0.717, 1.165) is 11.3 Å². The highest BCUT2D eigenvalue weighted by Gasteiger charge is 2.21. The van der Waals surface area contributed by atoms with Crippen molar-refractivity contribution >= 4 is 44.1 Å². The number of methoxy groups -OCH3 is 1. The van der Waals surface area contributed by atoms with Crippen LogP contribution in [0.25, 0.3) is 11.1 Å². The second-order valence-electron chi connectivity index (χ2n) is 4.82. The van der Waals surface area contributed by atoms with Gasteiger partial charge in [0, 0.05) is 13.1 Å². The molecule has 0 radical (unpaired) electrons. The van der Waals surface area contributed by atoms with E-state index in [2.05, 4.69) is 9.46 Å². The largest absolute Gasteiger partial charge is 0.465 e. The summed E-state index contributed by atoms with van der Waals surface area (Å²) in [5.41, 5.74) is 0.759. The number of esters is 1. The number of nitrogens with one attached hydrogen (secondary N) is 1. The molecule has 0 aliphatic heterocycles. The monoisotopic (exact) mass is 368 g/mol. The molecule has 2 heterocycles. The Morgan fingerprint density at radius 3 is 2.79 bits per heavy atom. The van der Waals surface area contributed by atoms with Gasteiger partial charge in [0.05, 0.1) is 23.2 Å². The lowest BCUT2D eigenvalue weighted by Crippen LogP contribution is -2.14. The number of benzene rings is 1. The minimum Gasteiger partial charge on any atom is -0.465 e. The van der Waals surface area contributed by atoms with Crippen LogP contribution in [-0.4, -0.2) is 26.1 Å². The Balaban J connectivity index is 2.01. The van der Waals surface area contributed by atoms with Crippen molar-refractivity contribution in [1.29, 1.82) is 0 Å².